The van der Waals surface area contributed by atoms with Crippen molar-refractivity contribution in [1.29, 1.82) is 0 Å². The zero-order chi connectivity index (χ0) is 14.2. The largest absolute Gasteiger partial charge is 0.373 e. The first-order valence-corrected chi connectivity index (χ1v) is 8.79. The normalized spacial score (nSPS) is 15.8. The number of para-hydroxylation sites is 2. The molecule has 3 rings (SSSR count). The highest BCUT2D eigenvalue weighted by atomic mass is 32.2. The zero-order valence-electron chi connectivity index (χ0n) is 11.2. The Hall–Kier alpha value is -1.53. The second-order valence-electron chi connectivity index (χ2n) is 4.77. The number of benzene rings is 1. The second-order valence-corrected chi connectivity index (χ2v) is 7.81. The molecule has 0 amide bonds. The molecule has 1 aliphatic heterocycles. The Balaban J connectivity index is 2.13. The highest BCUT2D eigenvalue weighted by Gasteiger charge is 2.29. The molecule has 0 N–H and O–H groups in total. The van der Waals surface area contributed by atoms with E-state index in [1.165, 1.54) is 15.6 Å². The lowest BCUT2D eigenvalue weighted by atomic mass is 10.2. The van der Waals surface area contributed by atoms with Gasteiger partial charge in [0.2, 0.25) is 0 Å². The minimum absolute atomic E-state index is 0.400. The predicted molar refractivity (Wildman–Crippen MR) is 83.2 cm³/mol. The van der Waals surface area contributed by atoms with Crippen LogP contribution in [0.5, 0.6) is 0 Å². The summed E-state index contributed by atoms with van der Waals surface area (Å²) >= 11 is 1.26. The first-order valence-electron chi connectivity index (χ1n) is 6.47. The lowest BCUT2D eigenvalue weighted by Gasteiger charge is -2.24. The van der Waals surface area contributed by atoms with Crippen LogP contribution in [0.3, 0.4) is 0 Å². The van der Waals surface area contributed by atoms with Gasteiger partial charge in [0.15, 0.2) is 0 Å². The third kappa shape index (κ3) is 2.19. The van der Waals surface area contributed by atoms with Crippen molar-refractivity contribution in [2.75, 3.05) is 29.3 Å². The third-order valence-electron chi connectivity index (χ3n) is 3.46. The lowest BCUT2D eigenvalue weighted by Crippen LogP contribution is -2.31. The molecule has 1 aliphatic rings. The summed E-state index contributed by atoms with van der Waals surface area (Å²) in [6.45, 7) is 1.37. The third-order valence-corrected chi connectivity index (χ3v) is 6.64. The number of sulfonamides is 1. The minimum atomic E-state index is -3.45. The van der Waals surface area contributed by atoms with Crippen LogP contribution in [-0.4, -0.2) is 28.6 Å². The molecule has 0 saturated carbocycles. The molecular formula is C14H16N2O2S2. The van der Waals surface area contributed by atoms with Gasteiger partial charge in [-0.25, -0.2) is 8.42 Å². The topological polar surface area (TPSA) is 40.6 Å². The zero-order valence-corrected chi connectivity index (χ0v) is 12.8. The molecule has 0 fully saturated rings. The lowest BCUT2D eigenvalue weighted by molar-refractivity contribution is 0.592. The van der Waals surface area contributed by atoms with E-state index in [0.717, 1.165) is 24.3 Å². The molecule has 0 aliphatic carbocycles. The summed E-state index contributed by atoms with van der Waals surface area (Å²) in [6, 6.07) is 11.1. The van der Waals surface area contributed by atoms with E-state index in [4.69, 9.17) is 0 Å². The van der Waals surface area contributed by atoms with Gasteiger partial charge in [-0.3, -0.25) is 4.31 Å². The van der Waals surface area contributed by atoms with Crippen LogP contribution >= 0.6 is 11.3 Å². The van der Waals surface area contributed by atoms with Crippen LogP contribution in [0, 0.1) is 0 Å². The minimum Gasteiger partial charge on any atom is -0.373 e. The van der Waals surface area contributed by atoms with Crippen molar-refractivity contribution < 1.29 is 8.42 Å². The number of hydrogen-bond acceptors (Lipinski definition) is 4. The molecule has 0 radical (unpaired) electrons. The van der Waals surface area contributed by atoms with Crippen molar-refractivity contribution in [3.05, 3.63) is 41.8 Å². The van der Waals surface area contributed by atoms with Crippen molar-refractivity contribution in [2.24, 2.45) is 0 Å². The van der Waals surface area contributed by atoms with Crippen LogP contribution in [0.2, 0.25) is 0 Å². The van der Waals surface area contributed by atoms with Crippen molar-refractivity contribution in [2.45, 2.75) is 10.6 Å². The Morgan fingerprint density at radius 3 is 2.50 bits per heavy atom. The fraction of sp³-hybridized carbons (Fsp3) is 0.286. The van der Waals surface area contributed by atoms with Gasteiger partial charge in [0.25, 0.3) is 10.0 Å². The highest BCUT2D eigenvalue weighted by molar-refractivity contribution is 7.94. The van der Waals surface area contributed by atoms with Gasteiger partial charge in [-0.15, -0.1) is 11.3 Å². The maximum atomic E-state index is 12.8. The number of anilines is 2. The number of fused-ring (bicyclic) bond motifs is 1. The van der Waals surface area contributed by atoms with Gasteiger partial charge < -0.3 is 4.90 Å². The Kier molecular flexibility index (Phi) is 3.43. The Bertz CT molecular complexity index is 696. The standard InChI is InChI=1S/C14H16N2O2S2/c1-15-9-5-10-16(13-7-3-2-6-12(13)15)20(17,18)14-8-4-11-19-14/h2-4,6-8,11H,5,9-10H2,1H3. The molecule has 1 aromatic heterocycles. The van der Waals surface area contributed by atoms with E-state index in [2.05, 4.69) is 4.90 Å². The van der Waals surface area contributed by atoms with Gasteiger partial charge in [0.05, 0.1) is 11.4 Å². The SMILES string of the molecule is CN1CCCN(S(=O)(=O)c2cccs2)c2ccccc21. The molecule has 0 atom stereocenters. The van der Waals surface area contributed by atoms with Crippen LogP contribution in [0.25, 0.3) is 0 Å². The summed E-state index contributed by atoms with van der Waals surface area (Å²) in [7, 11) is -1.45. The quantitative estimate of drug-likeness (QED) is 0.856. The summed E-state index contributed by atoms with van der Waals surface area (Å²) in [6.07, 6.45) is 0.815. The number of thiophene rings is 1. The number of nitrogens with zero attached hydrogens (tertiary/aromatic N) is 2. The second kappa shape index (κ2) is 5.10. The van der Waals surface area contributed by atoms with Gasteiger partial charge in [0.1, 0.15) is 4.21 Å². The van der Waals surface area contributed by atoms with Crippen molar-refractivity contribution in [3.8, 4) is 0 Å². The van der Waals surface area contributed by atoms with Gasteiger partial charge >= 0.3 is 0 Å². The molecule has 0 bridgehead atoms. The molecule has 0 unspecified atom stereocenters. The monoisotopic (exact) mass is 308 g/mol. The molecule has 106 valence electrons. The van der Waals surface area contributed by atoms with Crippen molar-refractivity contribution in [1.82, 2.24) is 0 Å². The Labute approximate surface area is 123 Å². The number of hydrogen-bond donors (Lipinski definition) is 0. The van der Waals surface area contributed by atoms with Crippen LogP contribution in [-0.2, 0) is 10.0 Å². The first kappa shape index (κ1) is 13.5. The van der Waals surface area contributed by atoms with Gasteiger partial charge in [0, 0.05) is 20.1 Å². The van der Waals surface area contributed by atoms with Crippen LogP contribution in [0.1, 0.15) is 6.42 Å². The fourth-order valence-electron chi connectivity index (χ4n) is 2.46. The first-order chi connectivity index (χ1) is 9.60. The summed E-state index contributed by atoms with van der Waals surface area (Å²) in [5, 5.41) is 1.79. The average molecular weight is 308 g/mol. The van der Waals surface area contributed by atoms with E-state index in [-0.39, 0.29) is 0 Å². The van der Waals surface area contributed by atoms with E-state index in [1.54, 1.807) is 17.5 Å². The van der Waals surface area contributed by atoms with Crippen LogP contribution < -0.4 is 9.21 Å². The maximum Gasteiger partial charge on any atom is 0.273 e. The van der Waals surface area contributed by atoms with Gasteiger partial charge in [-0.1, -0.05) is 18.2 Å². The maximum absolute atomic E-state index is 12.8. The molecule has 2 aromatic rings. The molecule has 4 nitrogen and oxygen atoms in total. The summed E-state index contributed by atoms with van der Waals surface area (Å²) in [5.74, 6) is 0. The van der Waals surface area contributed by atoms with Crippen molar-refractivity contribution in [3.63, 3.8) is 0 Å². The molecule has 2 heterocycles. The molecule has 1 aromatic carbocycles. The van der Waals surface area contributed by atoms with Crippen LogP contribution in [0.15, 0.2) is 46.0 Å². The summed E-state index contributed by atoms with van der Waals surface area (Å²) < 4.78 is 27.5. The molecule has 20 heavy (non-hydrogen) atoms. The van der Waals surface area contributed by atoms with Gasteiger partial charge in [-0.05, 0) is 30.0 Å². The average Bonchev–Trinajstić information content (AvgIpc) is 2.93. The summed E-state index contributed by atoms with van der Waals surface area (Å²) in [5.41, 5.74) is 1.73. The molecule has 0 saturated heterocycles. The fourth-order valence-corrected chi connectivity index (χ4v) is 5.08. The summed E-state index contributed by atoms with van der Waals surface area (Å²) in [4.78, 5) is 2.11. The van der Waals surface area contributed by atoms with Crippen molar-refractivity contribution >= 4 is 32.7 Å². The van der Waals surface area contributed by atoms with E-state index < -0.39 is 10.0 Å². The van der Waals surface area contributed by atoms with Gasteiger partial charge in [-0.2, -0.15) is 0 Å². The smallest absolute Gasteiger partial charge is 0.273 e. The molecular weight excluding hydrogens is 292 g/mol. The Morgan fingerprint density at radius 2 is 1.80 bits per heavy atom. The van der Waals surface area contributed by atoms with E-state index in [0.29, 0.717) is 10.8 Å². The predicted octanol–water partition coefficient (Wildman–Crippen LogP) is 2.78. The number of rotatable bonds is 2. The van der Waals surface area contributed by atoms with E-state index in [9.17, 15) is 8.42 Å². The van der Waals surface area contributed by atoms with E-state index in [1.807, 2.05) is 31.3 Å². The van der Waals surface area contributed by atoms with E-state index >= 15 is 0 Å². The Morgan fingerprint density at radius 1 is 1.05 bits per heavy atom. The molecule has 0 spiro atoms. The van der Waals surface area contributed by atoms with Crippen LogP contribution in [0.4, 0.5) is 11.4 Å². The highest BCUT2D eigenvalue weighted by Crippen LogP contribution is 2.35. The molecule has 6 heteroatoms.